The Morgan fingerprint density at radius 1 is 0.972 bits per heavy atom. The van der Waals surface area contributed by atoms with Crippen molar-refractivity contribution in [3.8, 4) is 11.5 Å². The first-order chi connectivity index (χ1) is 17.2. The Kier molecular flexibility index (Phi) is 6.49. The van der Waals surface area contributed by atoms with E-state index in [-0.39, 0.29) is 23.5 Å². The van der Waals surface area contributed by atoms with E-state index in [4.69, 9.17) is 14.2 Å². The number of rotatable bonds is 5. The third-order valence-corrected chi connectivity index (χ3v) is 7.04. The lowest BCUT2D eigenvalue weighted by Crippen LogP contribution is -2.42. The highest BCUT2D eigenvalue weighted by atomic mass is 16.7. The molecule has 2 aromatic rings. The highest BCUT2D eigenvalue weighted by molar-refractivity contribution is 6.46. The third kappa shape index (κ3) is 4.58. The van der Waals surface area contributed by atoms with Crippen LogP contribution in [-0.2, 0) is 19.7 Å². The average molecular weight is 493 g/mol. The van der Waals surface area contributed by atoms with E-state index >= 15 is 0 Å². The number of aliphatic hydroxyl groups is 1. The number of hydrogen-bond donors (Lipinski definition) is 1. The Bertz CT molecular complexity index is 1190. The number of fused-ring (bicyclic) bond motifs is 1. The van der Waals surface area contributed by atoms with E-state index in [1.807, 2.05) is 24.3 Å². The first-order valence-corrected chi connectivity index (χ1v) is 12.3. The van der Waals surface area contributed by atoms with Crippen molar-refractivity contribution in [3.05, 3.63) is 64.7 Å². The molecule has 0 radical (unpaired) electrons. The number of carbonyl (C=O) groups excluding carboxylic acids is 2. The van der Waals surface area contributed by atoms with Gasteiger partial charge in [-0.2, -0.15) is 0 Å². The summed E-state index contributed by atoms with van der Waals surface area (Å²) in [7, 11) is 0. The predicted molar refractivity (Wildman–Crippen MR) is 134 cm³/mol. The number of amides is 1. The molecule has 36 heavy (non-hydrogen) atoms. The van der Waals surface area contributed by atoms with Gasteiger partial charge in [-0.05, 0) is 34.7 Å². The van der Waals surface area contributed by atoms with Crippen LogP contribution in [0.15, 0.2) is 48.0 Å². The largest absolute Gasteiger partial charge is 0.507 e. The van der Waals surface area contributed by atoms with E-state index in [0.717, 1.165) is 24.2 Å². The van der Waals surface area contributed by atoms with Gasteiger partial charge in [0.1, 0.15) is 5.76 Å². The number of Topliss-reactive ketones (excluding diaryl/α,β-unsaturated/α-hetero) is 1. The summed E-state index contributed by atoms with van der Waals surface area (Å²) in [6, 6.07) is 12.3. The zero-order chi connectivity index (χ0) is 25.4. The molecular formula is C28H32N2O6. The summed E-state index contributed by atoms with van der Waals surface area (Å²) >= 11 is 0. The van der Waals surface area contributed by atoms with Crippen molar-refractivity contribution < 1.29 is 28.9 Å². The molecule has 0 saturated carbocycles. The zero-order valence-corrected chi connectivity index (χ0v) is 21.0. The number of hydrogen-bond acceptors (Lipinski definition) is 7. The lowest BCUT2D eigenvalue weighted by molar-refractivity contribution is -0.140. The number of likely N-dealkylation sites (tertiary alicyclic amines) is 1. The molecule has 2 aromatic carbocycles. The van der Waals surface area contributed by atoms with Gasteiger partial charge in [0, 0.05) is 31.7 Å². The molecule has 3 aliphatic heterocycles. The van der Waals surface area contributed by atoms with E-state index in [2.05, 4.69) is 25.7 Å². The number of ether oxygens (including phenoxy) is 3. The van der Waals surface area contributed by atoms with Crippen molar-refractivity contribution in [2.75, 3.05) is 46.2 Å². The van der Waals surface area contributed by atoms with Crippen LogP contribution < -0.4 is 9.47 Å². The monoisotopic (exact) mass is 492 g/mol. The molecule has 0 spiro atoms. The third-order valence-electron chi connectivity index (χ3n) is 7.04. The molecule has 1 unspecified atom stereocenters. The Morgan fingerprint density at radius 3 is 2.36 bits per heavy atom. The average Bonchev–Trinajstić information content (AvgIpc) is 3.44. The molecule has 3 aliphatic rings. The van der Waals surface area contributed by atoms with Gasteiger partial charge < -0.3 is 24.2 Å². The molecule has 0 aromatic heterocycles. The van der Waals surface area contributed by atoms with E-state index in [0.29, 0.717) is 43.4 Å². The molecule has 1 N–H and O–H groups in total. The lowest BCUT2D eigenvalue weighted by Gasteiger charge is -2.31. The summed E-state index contributed by atoms with van der Waals surface area (Å²) in [5.74, 6) is -0.434. The molecular weight excluding hydrogens is 460 g/mol. The number of benzene rings is 2. The normalized spacial score (nSPS) is 21.9. The van der Waals surface area contributed by atoms with Crippen LogP contribution in [0.1, 0.15) is 43.5 Å². The molecule has 2 fully saturated rings. The van der Waals surface area contributed by atoms with Crippen molar-refractivity contribution in [1.29, 1.82) is 0 Å². The minimum absolute atomic E-state index is 0.0385. The van der Waals surface area contributed by atoms with E-state index in [9.17, 15) is 14.7 Å². The summed E-state index contributed by atoms with van der Waals surface area (Å²) in [5, 5.41) is 11.3. The highest BCUT2D eigenvalue weighted by Crippen LogP contribution is 2.41. The molecule has 2 saturated heterocycles. The number of aliphatic hydroxyl groups excluding tert-OH is 1. The molecule has 0 aliphatic carbocycles. The molecule has 8 nitrogen and oxygen atoms in total. The molecule has 3 heterocycles. The molecule has 0 bridgehead atoms. The van der Waals surface area contributed by atoms with Gasteiger partial charge in [-0.25, -0.2) is 0 Å². The maximum Gasteiger partial charge on any atom is 0.295 e. The van der Waals surface area contributed by atoms with Crippen LogP contribution in [0.3, 0.4) is 0 Å². The van der Waals surface area contributed by atoms with Crippen LogP contribution in [0.2, 0.25) is 0 Å². The van der Waals surface area contributed by atoms with Crippen LogP contribution in [-0.4, -0.2) is 72.8 Å². The van der Waals surface area contributed by atoms with Crippen LogP contribution >= 0.6 is 0 Å². The first kappa shape index (κ1) is 24.3. The lowest BCUT2D eigenvalue weighted by atomic mass is 9.85. The van der Waals surface area contributed by atoms with Gasteiger partial charge >= 0.3 is 0 Å². The fourth-order valence-corrected chi connectivity index (χ4v) is 4.90. The minimum Gasteiger partial charge on any atom is -0.507 e. The van der Waals surface area contributed by atoms with Crippen LogP contribution in [0.25, 0.3) is 5.76 Å². The van der Waals surface area contributed by atoms with Gasteiger partial charge in [-0.15, -0.1) is 0 Å². The van der Waals surface area contributed by atoms with Crippen LogP contribution in [0, 0.1) is 0 Å². The number of ketones is 1. The molecule has 1 atom stereocenters. The summed E-state index contributed by atoms with van der Waals surface area (Å²) in [5.41, 5.74) is 2.38. The predicted octanol–water partition coefficient (Wildman–Crippen LogP) is 3.47. The Hall–Kier alpha value is -3.36. The van der Waals surface area contributed by atoms with E-state index < -0.39 is 17.7 Å². The van der Waals surface area contributed by atoms with Crippen LogP contribution in [0.4, 0.5) is 0 Å². The van der Waals surface area contributed by atoms with Gasteiger partial charge in [0.05, 0.1) is 24.8 Å². The van der Waals surface area contributed by atoms with Crippen molar-refractivity contribution in [1.82, 2.24) is 9.80 Å². The first-order valence-electron chi connectivity index (χ1n) is 12.3. The smallest absolute Gasteiger partial charge is 0.295 e. The minimum atomic E-state index is -0.689. The maximum absolute atomic E-state index is 13.3. The SMILES string of the molecule is CC(C)(C)c1ccc(C2C(=C(O)c3ccc4c(c3)OCO4)C(=O)C(=O)N2CCN2CCOCC2)cc1. The maximum atomic E-state index is 13.3. The summed E-state index contributed by atoms with van der Waals surface area (Å²) in [4.78, 5) is 30.4. The number of morpholine rings is 1. The summed E-state index contributed by atoms with van der Waals surface area (Å²) in [6.45, 7) is 10.4. The highest BCUT2D eigenvalue weighted by Gasteiger charge is 2.46. The summed E-state index contributed by atoms with van der Waals surface area (Å²) in [6.07, 6.45) is 0. The van der Waals surface area contributed by atoms with Crippen molar-refractivity contribution >= 4 is 17.4 Å². The molecule has 190 valence electrons. The summed E-state index contributed by atoms with van der Waals surface area (Å²) < 4.78 is 16.3. The topological polar surface area (TPSA) is 88.5 Å². The number of nitrogens with zero attached hydrogens (tertiary/aromatic N) is 2. The van der Waals surface area contributed by atoms with Gasteiger partial charge in [-0.1, -0.05) is 45.0 Å². The van der Waals surface area contributed by atoms with Gasteiger partial charge in [0.15, 0.2) is 11.5 Å². The quantitative estimate of drug-likeness (QED) is 0.388. The van der Waals surface area contributed by atoms with Crippen molar-refractivity contribution in [2.24, 2.45) is 0 Å². The van der Waals surface area contributed by atoms with E-state index in [1.165, 1.54) is 0 Å². The number of carbonyl (C=O) groups is 2. The Labute approximate surface area is 211 Å². The second kappa shape index (κ2) is 9.59. The Balaban J connectivity index is 1.54. The van der Waals surface area contributed by atoms with Crippen molar-refractivity contribution in [2.45, 2.75) is 32.2 Å². The fraction of sp³-hybridized carbons (Fsp3) is 0.429. The van der Waals surface area contributed by atoms with Gasteiger partial charge in [-0.3, -0.25) is 14.5 Å². The molecule has 1 amide bonds. The van der Waals surface area contributed by atoms with Gasteiger partial charge in [0.25, 0.3) is 11.7 Å². The molecule has 5 rings (SSSR count). The Morgan fingerprint density at radius 2 is 1.67 bits per heavy atom. The molecule has 8 heteroatoms. The second-order valence-electron chi connectivity index (χ2n) is 10.4. The van der Waals surface area contributed by atoms with E-state index in [1.54, 1.807) is 23.1 Å². The van der Waals surface area contributed by atoms with Gasteiger partial charge in [0.2, 0.25) is 6.79 Å². The van der Waals surface area contributed by atoms with Crippen LogP contribution in [0.5, 0.6) is 11.5 Å². The standard InChI is InChI=1S/C28H32N2O6/c1-28(2,3)20-7-4-18(5-8-20)24-23(25(31)19-6-9-21-22(16-19)36-17-35-21)26(32)27(33)30(24)11-10-29-12-14-34-15-13-29/h4-9,16,24,31H,10-15,17H2,1-3H3. The second-order valence-corrected chi connectivity index (χ2v) is 10.4. The van der Waals surface area contributed by atoms with Crippen molar-refractivity contribution in [3.63, 3.8) is 0 Å². The zero-order valence-electron chi connectivity index (χ0n) is 21.0. The fourth-order valence-electron chi connectivity index (χ4n) is 4.90.